The van der Waals surface area contributed by atoms with Crippen molar-refractivity contribution in [3.63, 3.8) is 0 Å². The van der Waals surface area contributed by atoms with Crippen LogP contribution in [0.25, 0.3) is 0 Å². The molecule has 0 aromatic heterocycles. The minimum atomic E-state index is 0.820. The molecule has 4 heteroatoms. The van der Waals surface area contributed by atoms with Crippen molar-refractivity contribution in [2.75, 3.05) is 66.1 Å². The monoisotopic (exact) mass is 229 g/mol. The molecule has 0 aromatic rings. The smallest absolute Gasteiger partial charge is 0.0590 e. The highest BCUT2D eigenvalue weighted by Gasteiger charge is 2.10. The van der Waals surface area contributed by atoms with E-state index in [1.165, 1.54) is 39.1 Å². The van der Waals surface area contributed by atoms with Crippen molar-refractivity contribution in [2.45, 2.75) is 13.3 Å². The summed E-state index contributed by atoms with van der Waals surface area (Å²) in [7, 11) is 2.21. The Labute approximate surface area is 99.9 Å². The zero-order valence-electron chi connectivity index (χ0n) is 10.9. The molecule has 0 aliphatic carbocycles. The maximum atomic E-state index is 5.28. The topological polar surface area (TPSA) is 27.7 Å². The van der Waals surface area contributed by atoms with Gasteiger partial charge in [-0.05, 0) is 33.5 Å². The van der Waals surface area contributed by atoms with Crippen molar-refractivity contribution in [1.82, 2.24) is 15.1 Å². The van der Waals surface area contributed by atoms with Crippen LogP contribution in [-0.4, -0.2) is 75.9 Å². The van der Waals surface area contributed by atoms with Crippen LogP contribution in [0.1, 0.15) is 13.3 Å². The van der Waals surface area contributed by atoms with Gasteiger partial charge in [0.2, 0.25) is 0 Å². The van der Waals surface area contributed by atoms with Crippen molar-refractivity contribution in [3.8, 4) is 0 Å². The number of nitrogens with zero attached hydrogens (tertiary/aromatic N) is 2. The van der Waals surface area contributed by atoms with Gasteiger partial charge >= 0.3 is 0 Å². The molecule has 4 nitrogen and oxygen atoms in total. The maximum Gasteiger partial charge on any atom is 0.0590 e. The fraction of sp³-hybridized carbons (Fsp3) is 1.00. The first-order valence-electron chi connectivity index (χ1n) is 6.52. The lowest BCUT2D eigenvalue weighted by molar-refractivity contribution is 0.148. The van der Waals surface area contributed by atoms with Crippen LogP contribution in [0.5, 0.6) is 0 Å². The second-order valence-electron chi connectivity index (χ2n) is 4.45. The first kappa shape index (κ1) is 13.9. The molecule has 0 saturated carbocycles. The van der Waals surface area contributed by atoms with Gasteiger partial charge in [0.25, 0.3) is 0 Å². The van der Waals surface area contributed by atoms with Gasteiger partial charge in [-0.3, -0.25) is 0 Å². The molecule has 1 fully saturated rings. The highest BCUT2D eigenvalue weighted by atomic mass is 16.5. The molecule has 96 valence electrons. The quantitative estimate of drug-likeness (QED) is 0.633. The van der Waals surface area contributed by atoms with Crippen LogP contribution in [-0.2, 0) is 4.74 Å². The predicted octanol–water partition coefficient (Wildman–Crippen LogP) is 0.250. The first-order chi connectivity index (χ1) is 7.83. The van der Waals surface area contributed by atoms with Gasteiger partial charge in [-0.1, -0.05) is 0 Å². The van der Waals surface area contributed by atoms with Gasteiger partial charge in [0.05, 0.1) is 6.61 Å². The van der Waals surface area contributed by atoms with Crippen LogP contribution in [0.15, 0.2) is 0 Å². The Hall–Kier alpha value is -0.160. The van der Waals surface area contributed by atoms with Crippen molar-refractivity contribution in [1.29, 1.82) is 0 Å². The molecule has 1 rings (SSSR count). The van der Waals surface area contributed by atoms with Crippen LogP contribution in [0, 0.1) is 0 Å². The van der Waals surface area contributed by atoms with Crippen molar-refractivity contribution >= 4 is 0 Å². The molecule has 0 radical (unpaired) electrons. The summed E-state index contributed by atoms with van der Waals surface area (Å²) in [5.41, 5.74) is 0. The zero-order valence-corrected chi connectivity index (χ0v) is 10.9. The van der Waals surface area contributed by atoms with Gasteiger partial charge in [-0.25, -0.2) is 0 Å². The van der Waals surface area contributed by atoms with Gasteiger partial charge in [0.15, 0.2) is 0 Å². The molecule has 0 atom stereocenters. The molecule has 1 heterocycles. The zero-order chi connectivity index (χ0) is 11.6. The Morgan fingerprint density at radius 3 is 2.81 bits per heavy atom. The molecule has 0 bridgehead atoms. The molecule has 0 amide bonds. The summed E-state index contributed by atoms with van der Waals surface area (Å²) < 4.78 is 5.28. The fourth-order valence-electron chi connectivity index (χ4n) is 1.97. The minimum Gasteiger partial charge on any atom is -0.380 e. The van der Waals surface area contributed by atoms with Crippen molar-refractivity contribution in [2.24, 2.45) is 0 Å². The van der Waals surface area contributed by atoms with Gasteiger partial charge in [-0.2, -0.15) is 0 Å². The third-order valence-electron chi connectivity index (χ3n) is 3.04. The highest BCUT2D eigenvalue weighted by Crippen LogP contribution is 1.99. The van der Waals surface area contributed by atoms with E-state index in [1.54, 1.807) is 0 Å². The Morgan fingerprint density at radius 1 is 1.12 bits per heavy atom. The van der Waals surface area contributed by atoms with Gasteiger partial charge in [0.1, 0.15) is 0 Å². The van der Waals surface area contributed by atoms with E-state index < -0.39 is 0 Å². The second-order valence-corrected chi connectivity index (χ2v) is 4.45. The summed E-state index contributed by atoms with van der Waals surface area (Å²) in [5.74, 6) is 0. The average Bonchev–Trinajstić information content (AvgIpc) is 2.49. The lowest BCUT2D eigenvalue weighted by Crippen LogP contribution is -2.35. The average molecular weight is 229 g/mol. The molecule has 1 N–H and O–H groups in total. The molecule has 1 aliphatic heterocycles. The molecule has 16 heavy (non-hydrogen) atoms. The predicted molar refractivity (Wildman–Crippen MR) is 67.9 cm³/mol. The molecule has 1 aliphatic rings. The van der Waals surface area contributed by atoms with E-state index in [2.05, 4.69) is 22.2 Å². The molecule has 1 saturated heterocycles. The van der Waals surface area contributed by atoms with Crippen LogP contribution in [0.2, 0.25) is 0 Å². The molecular weight excluding hydrogens is 202 g/mol. The lowest BCUT2D eigenvalue weighted by Gasteiger charge is -2.20. The number of ether oxygens (including phenoxy) is 1. The maximum absolute atomic E-state index is 5.28. The van der Waals surface area contributed by atoms with Crippen LogP contribution in [0.4, 0.5) is 0 Å². The summed E-state index contributed by atoms with van der Waals surface area (Å²) >= 11 is 0. The van der Waals surface area contributed by atoms with Crippen LogP contribution in [0.3, 0.4) is 0 Å². The fourth-order valence-corrected chi connectivity index (χ4v) is 1.97. The van der Waals surface area contributed by atoms with E-state index in [0.29, 0.717) is 0 Å². The largest absolute Gasteiger partial charge is 0.380 e. The summed E-state index contributed by atoms with van der Waals surface area (Å²) in [5, 5.41) is 3.42. The molecule has 0 spiro atoms. The van der Waals surface area contributed by atoms with Crippen molar-refractivity contribution in [3.05, 3.63) is 0 Å². The van der Waals surface area contributed by atoms with E-state index >= 15 is 0 Å². The molecular formula is C12H27N3O. The van der Waals surface area contributed by atoms with Gasteiger partial charge in [-0.15, -0.1) is 0 Å². The van der Waals surface area contributed by atoms with Crippen LogP contribution >= 0.6 is 0 Å². The van der Waals surface area contributed by atoms with Gasteiger partial charge in [0, 0.05) is 39.3 Å². The second kappa shape index (κ2) is 8.93. The highest BCUT2D eigenvalue weighted by molar-refractivity contribution is 4.67. The summed E-state index contributed by atoms with van der Waals surface area (Å²) in [6.07, 6.45) is 1.30. The number of hydrogen-bond donors (Lipinski definition) is 1. The van der Waals surface area contributed by atoms with E-state index in [4.69, 9.17) is 4.74 Å². The SMILES string of the molecule is CCOCCNCCN1CCCN(C)CC1. The minimum absolute atomic E-state index is 0.820. The van der Waals surface area contributed by atoms with E-state index in [9.17, 15) is 0 Å². The summed E-state index contributed by atoms with van der Waals surface area (Å²) in [4.78, 5) is 4.97. The molecule has 0 aromatic carbocycles. The number of rotatable bonds is 7. The summed E-state index contributed by atoms with van der Waals surface area (Å²) in [6, 6.07) is 0. The van der Waals surface area contributed by atoms with E-state index in [-0.39, 0.29) is 0 Å². The number of hydrogen-bond acceptors (Lipinski definition) is 4. The van der Waals surface area contributed by atoms with E-state index in [0.717, 1.165) is 26.3 Å². The van der Waals surface area contributed by atoms with E-state index in [1.807, 2.05) is 6.92 Å². The Balaban J connectivity index is 1.95. The third kappa shape index (κ3) is 6.43. The lowest BCUT2D eigenvalue weighted by atomic mass is 10.4. The third-order valence-corrected chi connectivity index (χ3v) is 3.04. The normalized spacial score (nSPS) is 19.9. The van der Waals surface area contributed by atoms with Crippen LogP contribution < -0.4 is 5.32 Å². The first-order valence-corrected chi connectivity index (χ1v) is 6.52. The standard InChI is InChI=1S/C12H27N3O/c1-3-16-12-6-13-5-9-15-8-4-7-14(2)10-11-15/h13H,3-12H2,1-2H3. The Bertz CT molecular complexity index is 166. The Morgan fingerprint density at radius 2 is 2.00 bits per heavy atom. The molecule has 0 unspecified atom stereocenters. The van der Waals surface area contributed by atoms with Crippen molar-refractivity contribution < 1.29 is 4.74 Å². The van der Waals surface area contributed by atoms with Gasteiger partial charge < -0.3 is 19.9 Å². The summed E-state index contributed by atoms with van der Waals surface area (Å²) in [6.45, 7) is 11.8. The Kier molecular flexibility index (Phi) is 7.76. The number of nitrogens with one attached hydrogen (secondary N) is 1. The number of likely N-dealkylation sites (N-methyl/N-ethyl adjacent to an activating group) is 1.